The van der Waals surface area contributed by atoms with Crippen LogP contribution in [0.5, 0.6) is 0 Å². The minimum Gasteiger partial charge on any atom is -0.302 e. The summed E-state index contributed by atoms with van der Waals surface area (Å²) < 4.78 is 0.904. The maximum Gasteiger partial charge on any atom is 0.229 e. The average Bonchev–Trinajstić information content (AvgIpc) is 3.03. The molecule has 1 aromatic heterocycles. The summed E-state index contributed by atoms with van der Waals surface area (Å²) in [6.45, 7) is 0.292. The van der Waals surface area contributed by atoms with Crippen molar-refractivity contribution in [3.05, 3.63) is 23.2 Å². The highest BCUT2D eigenvalue weighted by Crippen LogP contribution is 2.28. The molecule has 0 spiro atoms. The molecule has 0 unspecified atom stereocenters. The van der Waals surface area contributed by atoms with Crippen molar-refractivity contribution < 1.29 is 14.4 Å². The topological polar surface area (TPSA) is 79.4 Å². The van der Waals surface area contributed by atoms with Crippen LogP contribution in [0, 0.1) is 0 Å². The van der Waals surface area contributed by atoms with E-state index in [4.69, 9.17) is 11.6 Å². The van der Waals surface area contributed by atoms with Gasteiger partial charge in [0.05, 0.1) is 10.2 Å². The molecule has 0 atom stereocenters. The van der Waals surface area contributed by atoms with Gasteiger partial charge in [-0.15, -0.1) is 0 Å². The first-order chi connectivity index (χ1) is 11.0. The zero-order chi connectivity index (χ0) is 16.4. The Morgan fingerprint density at radius 2 is 2.04 bits per heavy atom. The molecule has 1 aliphatic heterocycles. The van der Waals surface area contributed by atoms with E-state index in [-0.39, 0.29) is 37.0 Å². The standard InChI is InChI=1S/C15H14ClN3O3S/c16-9-3-4-10-11(8-9)23-15(17-10)18-12(20)2-1-7-19-13(21)5-6-14(19)22/h3-4,8H,1-2,5-7H2,(H,17,18,20). The molecular weight excluding hydrogens is 338 g/mol. The summed E-state index contributed by atoms with van der Waals surface area (Å²) in [6, 6.07) is 5.35. The maximum absolute atomic E-state index is 11.9. The molecule has 1 aromatic carbocycles. The number of thiazole rings is 1. The number of halogens is 1. The normalized spacial score (nSPS) is 14.7. The lowest BCUT2D eigenvalue weighted by atomic mass is 10.3. The lowest BCUT2D eigenvalue weighted by Gasteiger charge is -2.12. The number of carbonyl (C=O) groups is 3. The number of likely N-dealkylation sites (tertiary alicyclic amines) is 1. The molecule has 0 saturated carbocycles. The number of fused-ring (bicyclic) bond motifs is 1. The van der Waals surface area contributed by atoms with Crippen LogP contribution in [0.25, 0.3) is 10.2 Å². The Hall–Kier alpha value is -1.99. The first-order valence-electron chi connectivity index (χ1n) is 7.22. The number of anilines is 1. The molecule has 6 nitrogen and oxygen atoms in total. The van der Waals surface area contributed by atoms with Crippen LogP contribution in [0.4, 0.5) is 5.13 Å². The zero-order valence-electron chi connectivity index (χ0n) is 12.2. The van der Waals surface area contributed by atoms with E-state index in [1.54, 1.807) is 18.2 Å². The van der Waals surface area contributed by atoms with Crippen LogP contribution in [0.1, 0.15) is 25.7 Å². The van der Waals surface area contributed by atoms with Gasteiger partial charge in [-0.3, -0.25) is 19.3 Å². The van der Waals surface area contributed by atoms with E-state index in [1.807, 2.05) is 0 Å². The molecule has 2 heterocycles. The lowest BCUT2D eigenvalue weighted by molar-refractivity contribution is -0.138. The molecule has 1 fully saturated rings. The fourth-order valence-corrected chi connectivity index (χ4v) is 3.56. The number of benzene rings is 1. The number of rotatable bonds is 5. The summed E-state index contributed by atoms with van der Waals surface area (Å²) in [4.78, 5) is 40.4. The Morgan fingerprint density at radius 3 is 2.78 bits per heavy atom. The third-order valence-electron chi connectivity index (χ3n) is 3.54. The maximum atomic E-state index is 11.9. The third-order valence-corrected chi connectivity index (χ3v) is 4.71. The molecule has 1 saturated heterocycles. The zero-order valence-corrected chi connectivity index (χ0v) is 13.7. The van der Waals surface area contributed by atoms with Gasteiger partial charge in [0.25, 0.3) is 0 Å². The quantitative estimate of drug-likeness (QED) is 0.840. The van der Waals surface area contributed by atoms with Gasteiger partial charge < -0.3 is 5.32 Å². The van der Waals surface area contributed by atoms with Crippen LogP contribution < -0.4 is 5.32 Å². The van der Waals surface area contributed by atoms with Crippen LogP contribution >= 0.6 is 22.9 Å². The number of amides is 3. The van der Waals surface area contributed by atoms with Gasteiger partial charge >= 0.3 is 0 Å². The van der Waals surface area contributed by atoms with Gasteiger partial charge in [-0.1, -0.05) is 22.9 Å². The minimum absolute atomic E-state index is 0.154. The van der Waals surface area contributed by atoms with Crippen LogP contribution in [0.2, 0.25) is 5.02 Å². The van der Waals surface area contributed by atoms with E-state index in [1.165, 1.54) is 16.2 Å². The lowest BCUT2D eigenvalue weighted by Crippen LogP contribution is -2.30. The predicted molar refractivity (Wildman–Crippen MR) is 88.4 cm³/mol. The van der Waals surface area contributed by atoms with Crippen molar-refractivity contribution in [3.63, 3.8) is 0 Å². The van der Waals surface area contributed by atoms with Gasteiger partial charge in [-0.05, 0) is 24.6 Å². The van der Waals surface area contributed by atoms with Crippen molar-refractivity contribution in [1.82, 2.24) is 9.88 Å². The Morgan fingerprint density at radius 1 is 1.30 bits per heavy atom. The van der Waals surface area contributed by atoms with E-state index in [0.29, 0.717) is 23.1 Å². The second-order valence-corrected chi connectivity index (χ2v) is 6.69. The molecule has 23 heavy (non-hydrogen) atoms. The van der Waals surface area contributed by atoms with Crippen LogP contribution in [-0.2, 0) is 14.4 Å². The summed E-state index contributed by atoms with van der Waals surface area (Å²) in [5.74, 6) is -0.494. The Balaban J connectivity index is 1.52. The molecule has 8 heteroatoms. The molecule has 3 amide bonds. The second kappa shape index (κ2) is 6.64. The van der Waals surface area contributed by atoms with E-state index in [9.17, 15) is 14.4 Å². The molecule has 1 aliphatic rings. The average molecular weight is 352 g/mol. The molecule has 0 radical (unpaired) electrons. The molecule has 2 aromatic rings. The number of hydrogen-bond acceptors (Lipinski definition) is 5. The first-order valence-corrected chi connectivity index (χ1v) is 8.41. The molecule has 0 aliphatic carbocycles. The highest BCUT2D eigenvalue weighted by molar-refractivity contribution is 7.22. The van der Waals surface area contributed by atoms with Crippen molar-refractivity contribution >= 4 is 56.0 Å². The molecule has 3 rings (SSSR count). The first kappa shape index (κ1) is 15.9. The number of carbonyl (C=O) groups excluding carboxylic acids is 3. The number of hydrogen-bond donors (Lipinski definition) is 1. The van der Waals surface area contributed by atoms with E-state index in [0.717, 1.165) is 10.2 Å². The molecule has 1 N–H and O–H groups in total. The van der Waals surface area contributed by atoms with E-state index < -0.39 is 0 Å². The van der Waals surface area contributed by atoms with Crippen molar-refractivity contribution in [3.8, 4) is 0 Å². The van der Waals surface area contributed by atoms with Crippen molar-refractivity contribution in [2.75, 3.05) is 11.9 Å². The fraction of sp³-hybridized carbons (Fsp3) is 0.333. The smallest absolute Gasteiger partial charge is 0.229 e. The predicted octanol–water partition coefficient (Wildman–Crippen LogP) is 2.82. The minimum atomic E-state index is -0.186. The Kier molecular flexibility index (Phi) is 4.58. The van der Waals surface area contributed by atoms with Gasteiger partial charge in [0, 0.05) is 30.8 Å². The van der Waals surface area contributed by atoms with E-state index in [2.05, 4.69) is 10.3 Å². The number of imide groups is 1. The second-order valence-electron chi connectivity index (χ2n) is 5.22. The fourth-order valence-electron chi connectivity index (χ4n) is 2.40. The number of nitrogens with one attached hydrogen (secondary N) is 1. The molecule has 120 valence electrons. The summed E-state index contributed by atoms with van der Waals surface area (Å²) in [5.41, 5.74) is 0.781. The highest BCUT2D eigenvalue weighted by Gasteiger charge is 2.28. The highest BCUT2D eigenvalue weighted by atomic mass is 35.5. The monoisotopic (exact) mass is 351 g/mol. The summed E-state index contributed by atoms with van der Waals surface area (Å²) in [5, 5.41) is 3.87. The van der Waals surface area contributed by atoms with Gasteiger partial charge in [0.2, 0.25) is 17.7 Å². The number of nitrogens with zero attached hydrogens (tertiary/aromatic N) is 2. The van der Waals surface area contributed by atoms with Crippen molar-refractivity contribution in [2.45, 2.75) is 25.7 Å². The van der Waals surface area contributed by atoms with Gasteiger partial charge in [0.15, 0.2) is 5.13 Å². The van der Waals surface area contributed by atoms with Crippen molar-refractivity contribution in [1.29, 1.82) is 0 Å². The van der Waals surface area contributed by atoms with Gasteiger partial charge in [-0.2, -0.15) is 0 Å². The largest absolute Gasteiger partial charge is 0.302 e. The van der Waals surface area contributed by atoms with Gasteiger partial charge in [-0.25, -0.2) is 4.98 Å². The summed E-state index contributed by atoms with van der Waals surface area (Å²) >= 11 is 7.27. The SMILES string of the molecule is O=C(CCCN1C(=O)CCC1=O)Nc1nc2ccc(Cl)cc2s1. The van der Waals surface area contributed by atoms with Gasteiger partial charge in [0.1, 0.15) is 0 Å². The molecule has 0 bridgehead atoms. The summed E-state index contributed by atoms with van der Waals surface area (Å²) in [7, 11) is 0. The van der Waals surface area contributed by atoms with E-state index >= 15 is 0 Å². The Labute approximate surface area is 141 Å². The number of aromatic nitrogens is 1. The summed E-state index contributed by atoms with van der Waals surface area (Å²) in [6.07, 6.45) is 1.23. The van der Waals surface area contributed by atoms with Crippen LogP contribution in [0.15, 0.2) is 18.2 Å². The third kappa shape index (κ3) is 3.68. The van der Waals surface area contributed by atoms with Crippen LogP contribution in [0.3, 0.4) is 0 Å². The Bertz CT molecular complexity index is 773. The van der Waals surface area contributed by atoms with Crippen molar-refractivity contribution in [2.24, 2.45) is 0 Å². The van der Waals surface area contributed by atoms with Crippen LogP contribution in [-0.4, -0.2) is 34.2 Å². The molecular formula is C15H14ClN3O3S.